The van der Waals surface area contributed by atoms with Crippen LogP contribution >= 0.6 is 0 Å². The van der Waals surface area contributed by atoms with Crippen LogP contribution in [0.15, 0.2) is 33.8 Å². The van der Waals surface area contributed by atoms with E-state index in [1.807, 2.05) is 19.1 Å². The van der Waals surface area contributed by atoms with Crippen LogP contribution in [0.2, 0.25) is 0 Å². The van der Waals surface area contributed by atoms with Gasteiger partial charge in [0, 0.05) is 37.4 Å². The van der Waals surface area contributed by atoms with E-state index in [4.69, 9.17) is 4.52 Å². The maximum absolute atomic E-state index is 5.39. The van der Waals surface area contributed by atoms with Crippen LogP contribution in [0.1, 0.15) is 56.7 Å². The molecule has 2 aromatic rings. The third kappa shape index (κ3) is 5.47. The number of nitrogens with zero attached hydrogens (tertiary/aromatic N) is 4. The molecule has 0 spiro atoms. The topological polar surface area (TPSA) is 78.6 Å². The van der Waals surface area contributed by atoms with Crippen molar-refractivity contribution in [3.05, 3.63) is 41.4 Å². The fraction of sp³-hybridized carbons (Fsp3) is 0.571. The highest BCUT2D eigenvalue weighted by Gasteiger charge is 2.21. The van der Waals surface area contributed by atoms with Crippen LogP contribution in [0.25, 0.3) is 0 Å². The quantitative estimate of drug-likeness (QED) is 0.588. The third-order valence-corrected chi connectivity index (χ3v) is 4.94. The van der Waals surface area contributed by atoms with E-state index in [1.165, 1.54) is 0 Å². The van der Waals surface area contributed by atoms with Gasteiger partial charge in [-0.15, -0.1) is 0 Å². The highest BCUT2D eigenvalue weighted by Crippen LogP contribution is 2.18. The number of hydrogen-bond acceptors (Lipinski definition) is 5. The van der Waals surface area contributed by atoms with Gasteiger partial charge in [-0.25, -0.2) is 9.98 Å². The number of guanidine groups is 1. The predicted molar refractivity (Wildman–Crippen MR) is 113 cm³/mol. The van der Waals surface area contributed by atoms with E-state index in [0.717, 1.165) is 61.4 Å². The second-order valence-electron chi connectivity index (χ2n) is 7.61. The van der Waals surface area contributed by atoms with Crippen molar-refractivity contribution in [3.63, 3.8) is 0 Å². The molecule has 152 valence electrons. The predicted octanol–water partition coefficient (Wildman–Crippen LogP) is 3.23. The van der Waals surface area contributed by atoms with Gasteiger partial charge in [0.1, 0.15) is 12.4 Å². The van der Waals surface area contributed by atoms with Crippen molar-refractivity contribution in [2.75, 3.05) is 24.5 Å². The van der Waals surface area contributed by atoms with Crippen LogP contribution in [0, 0.1) is 6.92 Å². The smallest absolute Gasteiger partial charge is 0.191 e. The van der Waals surface area contributed by atoms with Gasteiger partial charge in [-0.05, 0) is 44.7 Å². The number of hydrogen-bond donors (Lipinski definition) is 2. The first-order valence-electron chi connectivity index (χ1n) is 10.2. The first-order chi connectivity index (χ1) is 13.5. The number of piperidine rings is 1. The lowest BCUT2D eigenvalue weighted by Gasteiger charge is -2.34. The number of aliphatic imine (C=N–C) groups is 1. The monoisotopic (exact) mass is 384 g/mol. The summed E-state index contributed by atoms with van der Waals surface area (Å²) in [4.78, 5) is 11.7. The number of anilines is 1. The summed E-state index contributed by atoms with van der Waals surface area (Å²) >= 11 is 0. The number of nitrogens with one attached hydrogen (secondary N) is 2. The molecule has 1 fully saturated rings. The van der Waals surface area contributed by atoms with Crippen LogP contribution in [-0.4, -0.2) is 41.8 Å². The van der Waals surface area contributed by atoms with Crippen molar-refractivity contribution in [2.45, 2.75) is 59.0 Å². The minimum atomic E-state index is 0.362. The molecule has 3 rings (SSSR count). The van der Waals surface area contributed by atoms with Gasteiger partial charge in [-0.2, -0.15) is 0 Å². The molecule has 0 aromatic carbocycles. The van der Waals surface area contributed by atoms with Gasteiger partial charge in [0.15, 0.2) is 11.7 Å². The summed E-state index contributed by atoms with van der Waals surface area (Å²) in [5.74, 6) is 3.06. The molecule has 0 saturated carbocycles. The molecule has 0 radical (unpaired) electrons. The van der Waals surface area contributed by atoms with Gasteiger partial charge in [0.05, 0.1) is 5.69 Å². The molecule has 1 aliphatic heterocycles. The summed E-state index contributed by atoms with van der Waals surface area (Å²) in [6.45, 7) is 11.6. The van der Waals surface area contributed by atoms with E-state index in [1.54, 1.807) is 0 Å². The molecule has 2 N–H and O–H groups in total. The Kier molecular flexibility index (Phi) is 6.90. The Bertz CT molecular complexity index is 777. The Morgan fingerprint density at radius 3 is 2.75 bits per heavy atom. The largest absolute Gasteiger partial charge is 0.359 e. The van der Waals surface area contributed by atoms with Crippen molar-refractivity contribution in [1.82, 2.24) is 20.8 Å². The Morgan fingerprint density at radius 1 is 1.32 bits per heavy atom. The lowest BCUT2D eigenvalue weighted by Crippen LogP contribution is -2.48. The second-order valence-corrected chi connectivity index (χ2v) is 7.61. The SMILES string of the molecule is CCNC(=NCc1cc(C(C)C)no1)NC1CCN(c2cccc(C)n2)CC1. The van der Waals surface area contributed by atoms with Crippen molar-refractivity contribution < 1.29 is 4.52 Å². The van der Waals surface area contributed by atoms with Crippen LogP contribution in [0.3, 0.4) is 0 Å². The molecule has 0 atom stereocenters. The number of aryl methyl sites for hydroxylation is 1. The molecule has 7 nitrogen and oxygen atoms in total. The summed E-state index contributed by atoms with van der Waals surface area (Å²) in [7, 11) is 0. The fourth-order valence-corrected chi connectivity index (χ4v) is 3.30. The van der Waals surface area contributed by atoms with Gasteiger partial charge in [0.2, 0.25) is 0 Å². The van der Waals surface area contributed by atoms with Crippen LogP contribution in [0.5, 0.6) is 0 Å². The molecule has 0 unspecified atom stereocenters. The summed E-state index contributed by atoms with van der Waals surface area (Å²) in [6, 6.07) is 8.60. The van der Waals surface area contributed by atoms with Gasteiger partial charge < -0.3 is 20.1 Å². The van der Waals surface area contributed by atoms with Gasteiger partial charge >= 0.3 is 0 Å². The van der Waals surface area contributed by atoms with Crippen LogP contribution < -0.4 is 15.5 Å². The van der Waals surface area contributed by atoms with Crippen molar-refractivity contribution in [2.24, 2.45) is 4.99 Å². The molecule has 28 heavy (non-hydrogen) atoms. The normalized spacial score (nSPS) is 15.9. The molecule has 1 aliphatic rings. The molecule has 0 amide bonds. The molecule has 0 aliphatic carbocycles. The molecular formula is C21H32N6O. The van der Waals surface area contributed by atoms with Gasteiger partial charge in [-0.3, -0.25) is 0 Å². The Hall–Kier alpha value is -2.57. The molecule has 7 heteroatoms. The zero-order chi connectivity index (χ0) is 19.9. The lowest BCUT2D eigenvalue weighted by molar-refractivity contribution is 0.376. The van der Waals surface area contributed by atoms with Crippen molar-refractivity contribution in [3.8, 4) is 0 Å². The Morgan fingerprint density at radius 2 is 2.11 bits per heavy atom. The maximum Gasteiger partial charge on any atom is 0.191 e. The summed E-state index contributed by atoms with van der Waals surface area (Å²) in [5.41, 5.74) is 2.03. The van der Waals surface area contributed by atoms with Gasteiger partial charge in [-0.1, -0.05) is 25.1 Å². The van der Waals surface area contributed by atoms with E-state index >= 15 is 0 Å². The Labute approximate surface area is 167 Å². The molecule has 3 heterocycles. The highest BCUT2D eigenvalue weighted by molar-refractivity contribution is 5.80. The number of aromatic nitrogens is 2. The van der Waals surface area contributed by atoms with E-state index in [9.17, 15) is 0 Å². The fourth-order valence-electron chi connectivity index (χ4n) is 3.30. The molecule has 1 saturated heterocycles. The Balaban J connectivity index is 1.54. The average Bonchev–Trinajstić information content (AvgIpc) is 3.16. The van der Waals surface area contributed by atoms with E-state index < -0.39 is 0 Å². The zero-order valence-electron chi connectivity index (χ0n) is 17.4. The number of rotatable bonds is 6. The minimum absolute atomic E-state index is 0.362. The average molecular weight is 385 g/mol. The summed E-state index contributed by atoms with van der Waals surface area (Å²) in [5, 5.41) is 11.0. The van der Waals surface area contributed by atoms with Crippen LogP contribution in [-0.2, 0) is 6.54 Å². The standard InChI is InChI=1S/C21H32N6O/c1-5-22-21(23-14-18-13-19(15(2)3)26-28-18)25-17-9-11-27(12-10-17)20-8-6-7-16(4)24-20/h6-8,13,15,17H,5,9-12,14H2,1-4H3,(H2,22,23,25). The zero-order valence-corrected chi connectivity index (χ0v) is 17.4. The second kappa shape index (κ2) is 9.57. The first-order valence-corrected chi connectivity index (χ1v) is 10.2. The number of pyridine rings is 1. The van der Waals surface area contributed by atoms with E-state index in [0.29, 0.717) is 18.5 Å². The highest BCUT2D eigenvalue weighted by atomic mass is 16.5. The van der Waals surface area contributed by atoms with E-state index in [-0.39, 0.29) is 0 Å². The van der Waals surface area contributed by atoms with E-state index in [2.05, 4.69) is 63.6 Å². The minimum Gasteiger partial charge on any atom is -0.359 e. The molecule has 0 bridgehead atoms. The maximum atomic E-state index is 5.39. The van der Waals surface area contributed by atoms with Crippen molar-refractivity contribution >= 4 is 11.8 Å². The lowest BCUT2D eigenvalue weighted by atomic mass is 10.1. The summed E-state index contributed by atoms with van der Waals surface area (Å²) in [6.07, 6.45) is 2.11. The van der Waals surface area contributed by atoms with Crippen LogP contribution in [0.4, 0.5) is 5.82 Å². The molecular weight excluding hydrogens is 352 g/mol. The first kappa shape index (κ1) is 20.2. The third-order valence-electron chi connectivity index (χ3n) is 4.94. The van der Waals surface area contributed by atoms with Gasteiger partial charge in [0.25, 0.3) is 0 Å². The molecule has 2 aromatic heterocycles. The van der Waals surface area contributed by atoms with Crippen molar-refractivity contribution in [1.29, 1.82) is 0 Å². The summed E-state index contributed by atoms with van der Waals surface area (Å²) < 4.78 is 5.39.